The van der Waals surface area contributed by atoms with E-state index in [1.807, 2.05) is 13.0 Å². The average Bonchev–Trinajstić information content (AvgIpc) is 2.69. The third kappa shape index (κ3) is 2.23. The molecule has 2 heterocycles. The normalized spacial score (nSPS) is 21.1. The smallest absolute Gasteiger partial charge is 0.140 e. The molecule has 1 N–H and O–H groups in total. The predicted molar refractivity (Wildman–Crippen MR) is 55.5 cm³/mol. The Morgan fingerprint density at radius 2 is 2.57 bits per heavy atom. The van der Waals surface area contributed by atoms with E-state index in [-0.39, 0.29) is 0 Å². The first-order chi connectivity index (χ1) is 6.86. The van der Waals surface area contributed by atoms with E-state index in [2.05, 4.69) is 10.3 Å². The molecule has 2 rings (SSSR count). The number of nitrogens with zero attached hydrogens (tertiary/aromatic N) is 1. The van der Waals surface area contributed by atoms with Crippen LogP contribution in [0.2, 0.25) is 0 Å². The Kier molecular flexibility index (Phi) is 2.99. The summed E-state index contributed by atoms with van der Waals surface area (Å²) in [5.41, 5.74) is 1.15. The maximum Gasteiger partial charge on any atom is 0.140 e. The lowest BCUT2D eigenvalue weighted by atomic mass is 10.2. The van der Waals surface area contributed by atoms with Gasteiger partial charge in [0, 0.05) is 12.2 Å². The van der Waals surface area contributed by atoms with Crippen LogP contribution in [0, 0.1) is 6.92 Å². The Balaban J connectivity index is 1.88. The molecule has 1 aromatic rings. The zero-order valence-electron chi connectivity index (χ0n) is 8.49. The highest BCUT2D eigenvalue weighted by Crippen LogP contribution is 2.15. The highest BCUT2D eigenvalue weighted by atomic mass is 16.5. The molecule has 1 aromatic heterocycles. The molecular weight excluding hydrogens is 176 g/mol. The Morgan fingerprint density at radius 1 is 1.64 bits per heavy atom. The molecule has 0 radical (unpaired) electrons. The van der Waals surface area contributed by atoms with Gasteiger partial charge in [0.05, 0.1) is 6.20 Å². The number of hydrogen-bond donors (Lipinski definition) is 1. The largest absolute Gasteiger partial charge is 0.490 e. The van der Waals surface area contributed by atoms with Crippen LogP contribution in [-0.4, -0.2) is 24.2 Å². The minimum atomic E-state index is 0.523. The van der Waals surface area contributed by atoms with Crippen molar-refractivity contribution in [3.8, 4) is 5.75 Å². The van der Waals surface area contributed by atoms with E-state index in [0.717, 1.165) is 24.5 Å². The van der Waals surface area contributed by atoms with E-state index < -0.39 is 0 Å². The predicted octanol–water partition coefficient (Wildman–Crippen LogP) is 1.52. The van der Waals surface area contributed by atoms with E-state index in [9.17, 15) is 0 Å². The number of pyridine rings is 1. The van der Waals surface area contributed by atoms with Gasteiger partial charge in [0.15, 0.2) is 0 Å². The molecule has 0 unspecified atom stereocenters. The van der Waals surface area contributed by atoms with Crippen LogP contribution in [0.15, 0.2) is 18.5 Å². The highest BCUT2D eigenvalue weighted by molar-refractivity contribution is 5.27. The number of hydrogen-bond acceptors (Lipinski definition) is 3. The van der Waals surface area contributed by atoms with Crippen molar-refractivity contribution in [2.24, 2.45) is 0 Å². The maximum absolute atomic E-state index is 5.70. The standard InChI is InChI=1S/C11H16N2O/c1-9-4-6-12-7-11(9)14-8-10-3-2-5-13-10/h4,6-7,10,13H,2-3,5,8H2,1H3/t10-/m0/s1. The van der Waals surface area contributed by atoms with Crippen molar-refractivity contribution in [1.29, 1.82) is 0 Å². The molecule has 0 amide bonds. The molecule has 0 saturated carbocycles. The van der Waals surface area contributed by atoms with Crippen molar-refractivity contribution >= 4 is 0 Å². The zero-order valence-corrected chi connectivity index (χ0v) is 8.49. The molecule has 3 heteroatoms. The zero-order chi connectivity index (χ0) is 9.80. The molecular formula is C11H16N2O. The molecule has 0 bridgehead atoms. The Bertz CT molecular complexity index is 295. The molecule has 14 heavy (non-hydrogen) atoms. The fourth-order valence-corrected chi connectivity index (χ4v) is 1.69. The van der Waals surface area contributed by atoms with E-state index in [1.165, 1.54) is 12.8 Å². The second-order valence-electron chi connectivity index (χ2n) is 3.75. The number of nitrogens with one attached hydrogen (secondary N) is 1. The number of aryl methyl sites for hydroxylation is 1. The van der Waals surface area contributed by atoms with Gasteiger partial charge in [-0.3, -0.25) is 4.98 Å². The Hall–Kier alpha value is -1.09. The Morgan fingerprint density at radius 3 is 3.29 bits per heavy atom. The van der Waals surface area contributed by atoms with Crippen LogP contribution in [0.1, 0.15) is 18.4 Å². The van der Waals surface area contributed by atoms with Crippen LogP contribution in [0.4, 0.5) is 0 Å². The summed E-state index contributed by atoms with van der Waals surface area (Å²) >= 11 is 0. The van der Waals surface area contributed by atoms with E-state index in [4.69, 9.17) is 4.74 Å². The van der Waals surface area contributed by atoms with Gasteiger partial charge in [0.25, 0.3) is 0 Å². The lowest BCUT2D eigenvalue weighted by molar-refractivity contribution is 0.274. The SMILES string of the molecule is Cc1ccncc1OC[C@@H]1CCCN1. The van der Waals surface area contributed by atoms with Crippen LogP contribution >= 0.6 is 0 Å². The molecule has 0 aromatic carbocycles. The summed E-state index contributed by atoms with van der Waals surface area (Å²) in [5.74, 6) is 0.904. The van der Waals surface area contributed by atoms with Crippen molar-refractivity contribution in [3.05, 3.63) is 24.0 Å². The van der Waals surface area contributed by atoms with Crippen molar-refractivity contribution in [1.82, 2.24) is 10.3 Å². The van der Waals surface area contributed by atoms with Gasteiger partial charge in [0.2, 0.25) is 0 Å². The first-order valence-corrected chi connectivity index (χ1v) is 5.13. The van der Waals surface area contributed by atoms with E-state index >= 15 is 0 Å². The lowest BCUT2D eigenvalue weighted by Crippen LogP contribution is -2.28. The third-order valence-corrected chi connectivity index (χ3v) is 2.59. The van der Waals surface area contributed by atoms with E-state index in [0.29, 0.717) is 6.04 Å². The summed E-state index contributed by atoms with van der Waals surface area (Å²) < 4.78 is 5.70. The quantitative estimate of drug-likeness (QED) is 0.788. The fraction of sp³-hybridized carbons (Fsp3) is 0.545. The summed E-state index contributed by atoms with van der Waals surface area (Å²) in [5, 5.41) is 3.40. The van der Waals surface area contributed by atoms with Crippen LogP contribution < -0.4 is 10.1 Å². The van der Waals surface area contributed by atoms with E-state index in [1.54, 1.807) is 12.4 Å². The van der Waals surface area contributed by atoms with Crippen LogP contribution in [-0.2, 0) is 0 Å². The molecule has 0 spiro atoms. The molecule has 1 aliphatic heterocycles. The summed E-state index contributed by atoms with van der Waals surface area (Å²) in [6.45, 7) is 3.92. The van der Waals surface area contributed by atoms with Gasteiger partial charge < -0.3 is 10.1 Å². The highest BCUT2D eigenvalue weighted by Gasteiger charge is 2.14. The lowest BCUT2D eigenvalue weighted by Gasteiger charge is -2.12. The van der Waals surface area contributed by atoms with Gasteiger partial charge in [-0.1, -0.05) is 0 Å². The molecule has 76 valence electrons. The van der Waals surface area contributed by atoms with Gasteiger partial charge in [0.1, 0.15) is 12.4 Å². The van der Waals surface area contributed by atoms with Crippen molar-refractivity contribution in [2.75, 3.05) is 13.2 Å². The van der Waals surface area contributed by atoms with Crippen LogP contribution in [0.25, 0.3) is 0 Å². The van der Waals surface area contributed by atoms with Crippen molar-refractivity contribution in [2.45, 2.75) is 25.8 Å². The topological polar surface area (TPSA) is 34.1 Å². The average molecular weight is 192 g/mol. The first kappa shape index (κ1) is 9.46. The van der Waals surface area contributed by atoms with Crippen molar-refractivity contribution < 1.29 is 4.74 Å². The minimum absolute atomic E-state index is 0.523. The summed E-state index contributed by atoms with van der Waals surface area (Å²) in [4.78, 5) is 4.05. The third-order valence-electron chi connectivity index (χ3n) is 2.59. The van der Waals surface area contributed by atoms with Crippen molar-refractivity contribution in [3.63, 3.8) is 0 Å². The summed E-state index contributed by atoms with van der Waals surface area (Å²) in [7, 11) is 0. The number of aromatic nitrogens is 1. The number of rotatable bonds is 3. The van der Waals surface area contributed by atoms with Gasteiger partial charge in [-0.05, 0) is 37.9 Å². The second-order valence-corrected chi connectivity index (χ2v) is 3.75. The van der Waals surface area contributed by atoms with Gasteiger partial charge in [-0.2, -0.15) is 0 Å². The van der Waals surface area contributed by atoms with Gasteiger partial charge >= 0.3 is 0 Å². The van der Waals surface area contributed by atoms with Gasteiger partial charge in [-0.15, -0.1) is 0 Å². The van der Waals surface area contributed by atoms with Crippen LogP contribution in [0.3, 0.4) is 0 Å². The molecule has 1 fully saturated rings. The summed E-state index contributed by atoms with van der Waals surface area (Å²) in [6.07, 6.45) is 6.06. The Labute approximate surface area is 84.5 Å². The molecule has 1 saturated heterocycles. The second kappa shape index (κ2) is 4.42. The van der Waals surface area contributed by atoms with Gasteiger partial charge in [-0.25, -0.2) is 0 Å². The molecule has 1 aliphatic rings. The monoisotopic (exact) mass is 192 g/mol. The fourth-order valence-electron chi connectivity index (χ4n) is 1.69. The maximum atomic E-state index is 5.70. The molecule has 3 nitrogen and oxygen atoms in total. The first-order valence-electron chi connectivity index (χ1n) is 5.13. The van der Waals surface area contributed by atoms with Crippen LogP contribution in [0.5, 0.6) is 5.75 Å². The molecule has 0 aliphatic carbocycles. The minimum Gasteiger partial charge on any atom is -0.490 e. The number of ether oxygens (including phenoxy) is 1. The molecule has 1 atom stereocenters. The summed E-state index contributed by atoms with van der Waals surface area (Å²) in [6, 6.07) is 2.49.